The number of benzene rings is 2. The van der Waals surface area contributed by atoms with E-state index in [0.717, 1.165) is 28.0 Å². The fourth-order valence-electron chi connectivity index (χ4n) is 2.54. The zero-order valence-electron chi connectivity index (χ0n) is 12.7. The Morgan fingerprint density at radius 2 is 1.95 bits per heavy atom. The molecule has 1 heterocycles. The third kappa shape index (κ3) is 2.38. The van der Waals surface area contributed by atoms with Gasteiger partial charge in [-0.15, -0.1) is 0 Å². The van der Waals surface area contributed by atoms with E-state index in [0.29, 0.717) is 6.54 Å². The van der Waals surface area contributed by atoms with Crippen LogP contribution in [0.3, 0.4) is 0 Å². The third-order valence-corrected chi connectivity index (χ3v) is 3.80. The van der Waals surface area contributed by atoms with Crippen molar-refractivity contribution in [1.82, 2.24) is 9.55 Å². The lowest BCUT2D eigenvalue weighted by Crippen LogP contribution is -2.08. The monoisotopic (exact) mass is 280 g/mol. The van der Waals surface area contributed by atoms with Crippen molar-refractivity contribution >= 4 is 16.7 Å². The van der Waals surface area contributed by atoms with E-state index in [9.17, 15) is 0 Å². The van der Waals surface area contributed by atoms with E-state index in [1.807, 2.05) is 33.3 Å². The van der Waals surface area contributed by atoms with Gasteiger partial charge in [0, 0.05) is 38.9 Å². The number of nitrogens with two attached hydrogens (primary N) is 1. The van der Waals surface area contributed by atoms with Gasteiger partial charge in [-0.2, -0.15) is 0 Å². The van der Waals surface area contributed by atoms with Crippen LogP contribution >= 0.6 is 0 Å². The van der Waals surface area contributed by atoms with E-state index in [1.165, 1.54) is 5.69 Å². The first kappa shape index (κ1) is 13.6. The average Bonchev–Trinajstić information content (AvgIpc) is 2.84. The van der Waals surface area contributed by atoms with E-state index in [1.54, 1.807) is 0 Å². The van der Waals surface area contributed by atoms with Crippen LogP contribution < -0.4 is 10.6 Å². The second kappa shape index (κ2) is 5.22. The number of aryl methyl sites for hydroxylation is 1. The lowest BCUT2D eigenvalue weighted by Gasteiger charge is -2.13. The van der Waals surface area contributed by atoms with Crippen LogP contribution in [0.2, 0.25) is 0 Å². The Hall–Kier alpha value is -2.33. The number of hydrogen-bond acceptors (Lipinski definition) is 3. The fourth-order valence-corrected chi connectivity index (χ4v) is 2.54. The first-order chi connectivity index (χ1) is 10.1. The molecule has 0 amide bonds. The number of aromatic nitrogens is 2. The maximum atomic E-state index is 5.73. The van der Waals surface area contributed by atoms with Gasteiger partial charge in [-0.1, -0.05) is 18.2 Å². The molecular formula is C17H20N4. The van der Waals surface area contributed by atoms with Crippen LogP contribution in [-0.2, 0) is 13.6 Å². The van der Waals surface area contributed by atoms with Gasteiger partial charge in [0.25, 0.3) is 0 Å². The fraction of sp³-hybridized carbons (Fsp3) is 0.235. The van der Waals surface area contributed by atoms with Gasteiger partial charge < -0.3 is 15.2 Å². The molecule has 3 aromatic rings. The normalized spacial score (nSPS) is 11.0. The lowest BCUT2D eigenvalue weighted by molar-refractivity contribution is 0.956. The number of fused-ring (bicyclic) bond motifs is 1. The summed E-state index contributed by atoms with van der Waals surface area (Å²) in [5.41, 5.74) is 11.3. The lowest BCUT2D eigenvalue weighted by atomic mass is 10.2. The molecule has 0 spiro atoms. The molecule has 0 bridgehead atoms. The number of rotatable bonds is 3. The van der Waals surface area contributed by atoms with Gasteiger partial charge in [0.05, 0.1) is 11.0 Å². The van der Waals surface area contributed by atoms with Crippen molar-refractivity contribution in [3.63, 3.8) is 0 Å². The van der Waals surface area contributed by atoms with Crippen molar-refractivity contribution in [1.29, 1.82) is 0 Å². The minimum atomic E-state index is 0.548. The number of anilines is 1. The Balaban J connectivity index is 2.16. The van der Waals surface area contributed by atoms with Crippen LogP contribution in [0, 0.1) is 0 Å². The highest BCUT2D eigenvalue weighted by Gasteiger charge is 2.11. The van der Waals surface area contributed by atoms with E-state index < -0.39 is 0 Å². The summed E-state index contributed by atoms with van der Waals surface area (Å²) in [7, 11) is 6.14. The van der Waals surface area contributed by atoms with Crippen LogP contribution in [0.4, 0.5) is 5.69 Å². The SMILES string of the molecule is CN(C)c1cccc(-c2nc3ccc(CN)cc3n2C)c1. The molecule has 21 heavy (non-hydrogen) atoms. The van der Waals surface area contributed by atoms with Crippen molar-refractivity contribution in [3.05, 3.63) is 48.0 Å². The Morgan fingerprint density at radius 3 is 2.67 bits per heavy atom. The average molecular weight is 280 g/mol. The predicted molar refractivity (Wildman–Crippen MR) is 88.4 cm³/mol. The highest BCUT2D eigenvalue weighted by atomic mass is 15.1. The topological polar surface area (TPSA) is 47.1 Å². The van der Waals surface area contributed by atoms with Gasteiger partial charge >= 0.3 is 0 Å². The number of hydrogen-bond donors (Lipinski definition) is 1. The van der Waals surface area contributed by atoms with Crippen LogP contribution in [0.25, 0.3) is 22.4 Å². The molecule has 108 valence electrons. The first-order valence-electron chi connectivity index (χ1n) is 7.03. The third-order valence-electron chi connectivity index (χ3n) is 3.80. The van der Waals surface area contributed by atoms with Crippen molar-refractivity contribution in [2.45, 2.75) is 6.54 Å². The van der Waals surface area contributed by atoms with Gasteiger partial charge in [0.1, 0.15) is 5.82 Å². The van der Waals surface area contributed by atoms with E-state index >= 15 is 0 Å². The Bertz CT molecular complexity index is 787. The molecule has 0 saturated heterocycles. The summed E-state index contributed by atoms with van der Waals surface area (Å²) in [5.74, 6) is 0.975. The quantitative estimate of drug-likeness (QED) is 0.802. The van der Waals surface area contributed by atoms with Crippen LogP contribution in [0.15, 0.2) is 42.5 Å². The summed E-state index contributed by atoms with van der Waals surface area (Å²) < 4.78 is 2.13. The smallest absolute Gasteiger partial charge is 0.140 e. The number of imidazole rings is 1. The molecule has 3 rings (SSSR count). The van der Waals surface area contributed by atoms with Crippen molar-refractivity contribution in [2.24, 2.45) is 12.8 Å². The van der Waals surface area contributed by atoms with Gasteiger partial charge in [-0.3, -0.25) is 0 Å². The Labute approximate surface area is 124 Å². The Kier molecular flexibility index (Phi) is 3.39. The molecule has 0 aliphatic carbocycles. The summed E-state index contributed by atoms with van der Waals surface area (Å²) in [6.07, 6.45) is 0. The first-order valence-corrected chi connectivity index (χ1v) is 7.03. The molecule has 0 fully saturated rings. The van der Waals surface area contributed by atoms with Gasteiger partial charge in [0.2, 0.25) is 0 Å². The van der Waals surface area contributed by atoms with Crippen LogP contribution in [0.1, 0.15) is 5.56 Å². The molecule has 0 unspecified atom stereocenters. The highest BCUT2D eigenvalue weighted by Crippen LogP contribution is 2.26. The number of nitrogens with zero attached hydrogens (tertiary/aromatic N) is 3. The van der Waals surface area contributed by atoms with Crippen molar-refractivity contribution in [2.75, 3.05) is 19.0 Å². The summed E-state index contributed by atoms with van der Waals surface area (Å²) in [5, 5.41) is 0. The molecule has 0 radical (unpaired) electrons. The predicted octanol–water partition coefficient (Wildman–Crippen LogP) is 2.77. The molecule has 4 nitrogen and oxygen atoms in total. The minimum absolute atomic E-state index is 0.548. The van der Waals surface area contributed by atoms with Crippen LogP contribution in [0.5, 0.6) is 0 Å². The van der Waals surface area contributed by atoms with E-state index in [2.05, 4.69) is 39.8 Å². The molecule has 4 heteroatoms. The maximum absolute atomic E-state index is 5.73. The van der Waals surface area contributed by atoms with Crippen molar-refractivity contribution < 1.29 is 0 Å². The molecule has 0 aliphatic rings. The molecule has 0 atom stereocenters. The van der Waals surface area contributed by atoms with Crippen LogP contribution in [-0.4, -0.2) is 23.6 Å². The highest BCUT2D eigenvalue weighted by molar-refractivity contribution is 5.81. The molecule has 0 saturated carbocycles. The Morgan fingerprint density at radius 1 is 1.14 bits per heavy atom. The minimum Gasteiger partial charge on any atom is -0.378 e. The second-order valence-electron chi connectivity index (χ2n) is 5.47. The van der Waals surface area contributed by atoms with Gasteiger partial charge in [-0.05, 0) is 29.8 Å². The molecule has 2 N–H and O–H groups in total. The maximum Gasteiger partial charge on any atom is 0.140 e. The summed E-state index contributed by atoms with van der Waals surface area (Å²) in [4.78, 5) is 6.86. The summed E-state index contributed by atoms with van der Waals surface area (Å²) in [6, 6.07) is 14.6. The van der Waals surface area contributed by atoms with E-state index in [-0.39, 0.29) is 0 Å². The standard InChI is InChI=1S/C17H20N4/c1-20(2)14-6-4-5-13(10-14)17-19-15-8-7-12(11-18)9-16(15)21(17)3/h4-10H,11,18H2,1-3H3. The van der Waals surface area contributed by atoms with Crippen molar-refractivity contribution in [3.8, 4) is 11.4 Å². The van der Waals surface area contributed by atoms with Gasteiger partial charge in [0.15, 0.2) is 0 Å². The zero-order chi connectivity index (χ0) is 15.0. The van der Waals surface area contributed by atoms with Gasteiger partial charge in [-0.25, -0.2) is 4.98 Å². The molecule has 0 aliphatic heterocycles. The summed E-state index contributed by atoms with van der Waals surface area (Å²) in [6.45, 7) is 0.548. The molecule has 1 aromatic heterocycles. The zero-order valence-corrected chi connectivity index (χ0v) is 12.7. The molecule has 2 aromatic carbocycles. The van der Waals surface area contributed by atoms with E-state index in [4.69, 9.17) is 10.7 Å². The molecular weight excluding hydrogens is 260 g/mol. The largest absolute Gasteiger partial charge is 0.378 e. The second-order valence-corrected chi connectivity index (χ2v) is 5.47. The summed E-state index contributed by atoms with van der Waals surface area (Å²) >= 11 is 0.